The topological polar surface area (TPSA) is 53.2 Å². The Morgan fingerprint density at radius 3 is 2.62 bits per heavy atom. The van der Waals surface area contributed by atoms with Crippen molar-refractivity contribution in [1.29, 1.82) is 0 Å². The molecule has 0 aromatic heterocycles. The molecule has 0 aliphatic carbocycles. The number of rotatable bonds is 3. The van der Waals surface area contributed by atoms with Gasteiger partial charge in [-0.05, 0) is 55.4 Å². The summed E-state index contributed by atoms with van der Waals surface area (Å²) in [6.45, 7) is 7.91. The molecule has 2 aromatic carbocycles. The normalized spacial score (nSPS) is 19.5. The Hall–Kier alpha value is -2.73. The van der Waals surface area contributed by atoms with Crippen molar-refractivity contribution in [3.8, 4) is 0 Å². The van der Waals surface area contributed by atoms with Gasteiger partial charge in [0, 0.05) is 16.9 Å². The molecule has 0 spiro atoms. The largest absolute Gasteiger partial charge is 0.354 e. The van der Waals surface area contributed by atoms with Crippen LogP contribution in [0.5, 0.6) is 0 Å². The molecule has 26 heavy (non-hydrogen) atoms. The standard InChI is InChI=1S/C20H20FN3OS/c1-11-8-9-14(10-12(11)2)23-19(25)17-13(3)22-20(26)24-18(17)15-6-4-5-7-16(15)21/h4-10,17-18H,3H2,1-2H3,(H,23,25)(H2,22,24,26)/t17-,18+/m0/s1. The van der Waals surface area contributed by atoms with Crippen LogP contribution < -0.4 is 16.0 Å². The number of nitrogens with one attached hydrogen (secondary N) is 3. The molecule has 4 nitrogen and oxygen atoms in total. The Bertz CT molecular complexity index is 896. The Morgan fingerprint density at radius 1 is 1.19 bits per heavy atom. The number of hydrogen-bond donors (Lipinski definition) is 3. The van der Waals surface area contributed by atoms with Gasteiger partial charge in [0.25, 0.3) is 0 Å². The molecule has 0 unspecified atom stereocenters. The summed E-state index contributed by atoms with van der Waals surface area (Å²) in [5.74, 6) is -1.40. The Labute approximate surface area is 157 Å². The first-order valence-corrected chi connectivity index (χ1v) is 8.66. The summed E-state index contributed by atoms with van der Waals surface area (Å²) in [7, 11) is 0. The van der Waals surface area contributed by atoms with E-state index in [1.807, 2.05) is 32.0 Å². The first-order chi connectivity index (χ1) is 12.4. The number of anilines is 1. The van der Waals surface area contributed by atoms with Gasteiger partial charge in [-0.2, -0.15) is 0 Å². The smallest absolute Gasteiger partial charge is 0.235 e. The number of carbonyl (C=O) groups excluding carboxylic acids is 1. The van der Waals surface area contributed by atoms with Crippen LogP contribution in [-0.4, -0.2) is 11.0 Å². The van der Waals surface area contributed by atoms with Gasteiger partial charge in [-0.1, -0.05) is 30.8 Å². The van der Waals surface area contributed by atoms with E-state index in [9.17, 15) is 9.18 Å². The second-order valence-corrected chi connectivity index (χ2v) is 6.80. The Balaban J connectivity index is 1.92. The van der Waals surface area contributed by atoms with Crippen LogP contribution in [0.4, 0.5) is 10.1 Å². The zero-order valence-electron chi connectivity index (χ0n) is 14.6. The molecular weight excluding hydrogens is 349 g/mol. The van der Waals surface area contributed by atoms with Gasteiger partial charge in [-0.3, -0.25) is 4.79 Å². The fraction of sp³-hybridized carbons (Fsp3) is 0.200. The highest BCUT2D eigenvalue weighted by molar-refractivity contribution is 7.80. The number of amides is 1. The molecule has 2 aromatic rings. The Morgan fingerprint density at radius 2 is 1.92 bits per heavy atom. The molecule has 0 saturated carbocycles. The lowest BCUT2D eigenvalue weighted by Crippen LogP contribution is -2.51. The molecular formula is C20H20FN3OS. The van der Waals surface area contributed by atoms with Crippen molar-refractivity contribution in [2.45, 2.75) is 19.9 Å². The molecule has 1 amide bonds. The minimum Gasteiger partial charge on any atom is -0.354 e. The highest BCUT2D eigenvalue weighted by Crippen LogP contribution is 2.32. The van der Waals surface area contributed by atoms with Crippen molar-refractivity contribution < 1.29 is 9.18 Å². The molecule has 134 valence electrons. The number of thiocarbonyl (C=S) groups is 1. The molecule has 1 saturated heterocycles. The highest BCUT2D eigenvalue weighted by atomic mass is 32.1. The van der Waals surface area contributed by atoms with E-state index in [2.05, 4.69) is 22.5 Å². The third-order valence-corrected chi connectivity index (χ3v) is 4.79. The molecule has 2 atom stereocenters. The second kappa shape index (κ2) is 7.25. The molecule has 0 bridgehead atoms. The zero-order valence-corrected chi connectivity index (χ0v) is 15.4. The van der Waals surface area contributed by atoms with Crippen molar-refractivity contribution in [1.82, 2.24) is 10.6 Å². The van der Waals surface area contributed by atoms with Gasteiger partial charge in [-0.25, -0.2) is 4.39 Å². The van der Waals surface area contributed by atoms with E-state index in [1.165, 1.54) is 6.07 Å². The van der Waals surface area contributed by atoms with Crippen molar-refractivity contribution in [3.63, 3.8) is 0 Å². The van der Waals surface area contributed by atoms with Crippen LogP contribution in [0.25, 0.3) is 0 Å². The van der Waals surface area contributed by atoms with Crippen molar-refractivity contribution in [2.24, 2.45) is 5.92 Å². The van der Waals surface area contributed by atoms with Crippen LogP contribution in [0, 0.1) is 25.6 Å². The summed E-state index contributed by atoms with van der Waals surface area (Å²) < 4.78 is 14.3. The van der Waals surface area contributed by atoms with Crippen LogP contribution in [0.3, 0.4) is 0 Å². The van der Waals surface area contributed by atoms with Crippen LogP contribution >= 0.6 is 12.2 Å². The predicted octanol–water partition coefficient (Wildman–Crippen LogP) is 3.73. The molecule has 0 radical (unpaired) electrons. The summed E-state index contributed by atoms with van der Waals surface area (Å²) in [5, 5.41) is 9.09. The predicted molar refractivity (Wildman–Crippen MR) is 105 cm³/mol. The summed E-state index contributed by atoms with van der Waals surface area (Å²) >= 11 is 5.17. The van der Waals surface area contributed by atoms with E-state index in [0.29, 0.717) is 22.1 Å². The molecule has 1 fully saturated rings. The molecule has 3 N–H and O–H groups in total. The van der Waals surface area contributed by atoms with Gasteiger partial charge in [0.2, 0.25) is 5.91 Å². The van der Waals surface area contributed by atoms with E-state index in [-0.39, 0.29) is 5.91 Å². The SMILES string of the molecule is C=C1NC(=S)N[C@H](c2ccccc2F)[C@H]1C(=O)Nc1ccc(C)c(C)c1. The van der Waals surface area contributed by atoms with Gasteiger partial charge >= 0.3 is 0 Å². The average Bonchev–Trinajstić information content (AvgIpc) is 2.57. The van der Waals surface area contributed by atoms with Gasteiger partial charge in [0.05, 0.1) is 6.04 Å². The second-order valence-electron chi connectivity index (χ2n) is 6.39. The monoisotopic (exact) mass is 369 g/mol. The molecule has 1 heterocycles. The van der Waals surface area contributed by atoms with E-state index in [4.69, 9.17) is 12.2 Å². The quantitative estimate of drug-likeness (QED) is 0.722. The summed E-state index contributed by atoms with van der Waals surface area (Å²) in [6.07, 6.45) is 0. The van der Waals surface area contributed by atoms with Gasteiger partial charge in [0.1, 0.15) is 11.7 Å². The number of aryl methyl sites for hydroxylation is 2. The molecule has 3 rings (SSSR count). The maximum absolute atomic E-state index is 14.3. The zero-order chi connectivity index (χ0) is 18.8. The first kappa shape index (κ1) is 18.1. The van der Waals surface area contributed by atoms with E-state index in [0.717, 1.165) is 11.1 Å². The van der Waals surface area contributed by atoms with E-state index in [1.54, 1.807) is 18.2 Å². The van der Waals surface area contributed by atoms with E-state index < -0.39 is 17.8 Å². The number of hydrogen-bond acceptors (Lipinski definition) is 2. The lowest BCUT2D eigenvalue weighted by molar-refractivity contribution is -0.119. The number of carbonyl (C=O) groups is 1. The molecule has 1 aliphatic heterocycles. The summed E-state index contributed by atoms with van der Waals surface area (Å²) in [6, 6.07) is 11.4. The lowest BCUT2D eigenvalue weighted by Gasteiger charge is -2.35. The molecule has 6 heteroatoms. The number of benzene rings is 2. The van der Waals surface area contributed by atoms with Crippen LogP contribution in [0.2, 0.25) is 0 Å². The van der Waals surface area contributed by atoms with Crippen molar-refractivity contribution in [2.75, 3.05) is 5.32 Å². The fourth-order valence-corrected chi connectivity index (χ4v) is 3.28. The lowest BCUT2D eigenvalue weighted by atomic mass is 9.88. The minimum atomic E-state index is -0.722. The summed E-state index contributed by atoms with van der Waals surface area (Å²) in [5.41, 5.74) is 3.71. The Kier molecular flexibility index (Phi) is 5.04. The van der Waals surface area contributed by atoms with Crippen LogP contribution in [0.1, 0.15) is 22.7 Å². The average molecular weight is 369 g/mol. The van der Waals surface area contributed by atoms with Crippen molar-refractivity contribution >= 4 is 28.9 Å². The molecule has 1 aliphatic rings. The fourth-order valence-electron chi connectivity index (χ4n) is 3.02. The highest BCUT2D eigenvalue weighted by Gasteiger charge is 2.37. The van der Waals surface area contributed by atoms with Gasteiger partial charge < -0.3 is 16.0 Å². The van der Waals surface area contributed by atoms with Crippen LogP contribution in [0.15, 0.2) is 54.7 Å². The minimum absolute atomic E-state index is 0.283. The van der Waals surface area contributed by atoms with Gasteiger partial charge in [0.15, 0.2) is 5.11 Å². The van der Waals surface area contributed by atoms with E-state index >= 15 is 0 Å². The number of halogens is 1. The third-order valence-electron chi connectivity index (χ3n) is 4.57. The maximum atomic E-state index is 14.3. The van der Waals surface area contributed by atoms with Crippen molar-refractivity contribution in [3.05, 3.63) is 77.2 Å². The maximum Gasteiger partial charge on any atom is 0.235 e. The summed E-state index contributed by atoms with van der Waals surface area (Å²) in [4.78, 5) is 13.0. The van der Waals surface area contributed by atoms with Gasteiger partial charge in [-0.15, -0.1) is 0 Å². The third kappa shape index (κ3) is 3.60. The first-order valence-electron chi connectivity index (χ1n) is 8.25. The van der Waals surface area contributed by atoms with Crippen LogP contribution in [-0.2, 0) is 4.79 Å².